The third-order valence-electron chi connectivity index (χ3n) is 2.47. The highest BCUT2D eigenvalue weighted by Crippen LogP contribution is 2.25. The Hall–Kier alpha value is -1.67. The number of sulfonamides is 1. The number of carbonyl (C=O) groups is 1. The second-order valence-corrected chi connectivity index (χ2v) is 6.41. The third-order valence-corrected chi connectivity index (χ3v) is 3.94. The number of nitrogens with zero attached hydrogens (tertiary/aromatic N) is 1. The van der Waals surface area contributed by atoms with Crippen LogP contribution in [0.5, 0.6) is 0 Å². The minimum atomic E-state index is -3.90. The second kappa shape index (κ2) is 5.98. The number of hydrogen-bond acceptors (Lipinski definition) is 4. The van der Waals surface area contributed by atoms with Gasteiger partial charge in [-0.25, -0.2) is 13.6 Å². The highest BCUT2D eigenvalue weighted by molar-refractivity contribution is 7.89. The molecule has 0 bridgehead atoms. The van der Waals surface area contributed by atoms with Gasteiger partial charge in [0, 0.05) is 11.2 Å². The SMILES string of the molecule is NS(=O)(=O)c1ccc(Cl)c(NC(=O)c2cc(Cl)ccn2)c1. The van der Waals surface area contributed by atoms with Gasteiger partial charge in [0.05, 0.1) is 15.6 Å². The number of anilines is 1. The summed E-state index contributed by atoms with van der Waals surface area (Å²) in [6.45, 7) is 0. The van der Waals surface area contributed by atoms with E-state index in [9.17, 15) is 13.2 Å². The number of rotatable bonds is 3. The first-order chi connectivity index (χ1) is 9.77. The molecule has 0 saturated heterocycles. The van der Waals surface area contributed by atoms with Crippen molar-refractivity contribution in [1.29, 1.82) is 0 Å². The molecule has 1 amide bonds. The number of pyridine rings is 1. The number of benzene rings is 1. The lowest BCUT2D eigenvalue weighted by Crippen LogP contribution is -2.16. The molecule has 2 rings (SSSR count). The van der Waals surface area contributed by atoms with Gasteiger partial charge in [-0.05, 0) is 30.3 Å². The van der Waals surface area contributed by atoms with Crippen molar-refractivity contribution in [3.05, 3.63) is 52.3 Å². The van der Waals surface area contributed by atoms with Gasteiger partial charge in [0.15, 0.2) is 0 Å². The van der Waals surface area contributed by atoms with E-state index in [1.807, 2.05) is 0 Å². The van der Waals surface area contributed by atoms with Crippen LogP contribution in [0.15, 0.2) is 41.4 Å². The van der Waals surface area contributed by atoms with Crippen molar-refractivity contribution in [2.24, 2.45) is 5.14 Å². The molecular formula is C12H9Cl2N3O3S. The molecule has 2 aromatic rings. The van der Waals surface area contributed by atoms with Gasteiger partial charge < -0.3 is 5.32 Å². The number of amides is 1. The molecule has 0 radical (unpaired) electrons. The summed E-state index contributed by atoms with van der Waals surface area (Å²) in [4.78, 5) is 15.7. The first-order valence-corrected chi connectivity index (χ1v) is 7.83. The van der Waals surface area contributed by atoms with Gasteiger partial charge in [0.1, 0.15) is 5.69 Å². The maximum atomic E-state index is 12.0. The van der Waals surface area contributed by atoms with Crippen LogP contribution in [0, 0.1) is 0 Å². The summed E-state index contributed by atoms with van der Waals surface area (Å²) in [7, 11) is -3.90. The summed E-state index contributed by atoms with van der Waals surface area (Å²) in [5.74, 6) is -0.578. The van der Waals surface area contributed by atoms with Gasteiger partial charge in [-0.15, -0.1) is 0 Å². The Morgan fingerprint density at radius 1 is 1.19 bits per heavy atom. The summed E-state index contributed by atoms with van der Waals surface area (Å²) in [5, 5.41) is 7.99. The monoisotopic (exact) mass is 345 g/mol. The van der Waals surface area contributed by atoms with Gasteiger partial charge in [-0.3, -0.25) is 9.78 Å². The van der Waals surface area contributed by atoms with Gasteiger partial charge in [0.2, 0.25) is 10.0 Å². The van der Waals surface area contributed by atoms with E-state index in [1.54, 1.807) is 0 Å². The van der Waals surface area contributed by atoms with Crippen molar-refractivity contribution in [2.75, 3.05) is 5.32 Å². The Labute approximate surface area is 130 Å². The Morgan fingerprint density at radius 3 is 2.52 bits per heavy atom. The van der Waals surface area contributed by atoms with E-state index in [0.717, 1.165) is 0 Å². The lowest BCUT2D eigenvalue weighted by Gasteiger charge is -2.08. The van der Waals surface area contributed by atoms with Crippen LogP contribution >= 0.6 is 23.2 Å². The molecule has 6 nitrogen and oxygen atoms in total. The van der Waals surface area contributed by atoms with Gasteiger partial charge >= 0.3 is 0 Å². The molecule has 3 N–H and O–H groups in total. The number of primary sulfonamides is 1. The van der Waals surface area contributed by atoms with Crippen molar-refractivity contribution in [3.8, 4) is 0 Å². The van der Waals surface area contributed by atoms with E-state index in [2.05, 4.69) is 10.3 Å². The smallest absolute Gasteiger partial charge is 0.274 e. The van der Waals surface area contributed by atoms with Crippen molar-refractivity contribution in [3.63, 3.8) is 0 Å². The molecule has 1 aromatic carbocycles. The quantitative estimate of drug-likeness (QED) is 0.890. The fourth-order valence-corrected chi connectivity index (χ4v) is 2.36. The Morgan fingerprint density at radius 2 is 1.90 bits per heavy atom. The van der Waals surface area contributed by atoms with Crippen LogP contribution in [-0.4, -0.2) is 19.3 Å². The van der Waals surface area contributed by atoms with E-state index in [-0.39, 0.29) is 21.3 Å². The molecule has 0 atom stereocenters. The molecule has 0 unspecified atom stereocenters. The fraction of sp³-hybridized carbons (Fsp3) is 0. The van der Waals surface area contributed by atoms with Crippen LogP contribution in [0.3, 0.4) is 0 Å². The number of carbonyl (C=O) groups excluding carboxylic acids is 1. The summed E-state index contributed by atoms with van der Waals surface area (Å²) in [6, 6.07) is 6.62. The Kier molecular flexibility index (Phi) is 4.48. The van der Waals surface area contributed by atoms with E-state index < -0.39 is 15.9 Å². The molecule has 0 aliphatic rings. The molecule has 1 heterocycles. The van der Waals surface area contributed by atoms with Crippen LogP contribution in [0.1, 0.15) is 10.5 Å². The molecule has 0 saturated carbocycles. The molecule has 0 aliphatic carbocycles. The molecule has 0 fully saturated rings. The first kappa shape index (κ1) is 15.7. The third kappa shape index (κ3) is 3.92. The summed E-state index contributed by atoms with van der Waals surface area (Å²) < 4.78 is 22.6. The molecular weight excluding hydrogens is 337 g/mol. The maximum absolute atomic E-state index is 12.0. The van der Waals surface area contributed by atoms with E-state index in [4.69, 9.17) is 28.3 Å². The zero-order chi connectivity index (χ0) is 15.6. The normalized spacial score (nSPS) is 11.2. The van der Waals surface area contributed by atoms with E-state index in [1.165, 1.54) is 36.5 Å². The van der Waals surface area contributed by atoms with Crippen molar-refractivity contribution < 1.29 is 13.2 Å². The molecule has 0 aliphatic heterocycles. The molecule has 9 heteroatoms. The summed E-state index contributed by atoms with van der Waals surface area (Å²) in [6.07, 6.45) is 1.37. The largest absolute Gasteiger partial charge is 0.319 e. The Bertz CT molecular complexity index is 809. The van der Waals surface area contributed by atoms with E-state index in [0.29, 0.717) is 5.02 Å². The van der Waals surface area contributed by atoms with Crippen molar-refractivity contribution >= 4 is 44.8 Å². The average molecular weight is 346 g/mol. The highest BCUT2D eigenvalue weighted by Gasteiger charge is 2.14. The van der Waals surface area contributed by atoms with Gasteiger partial charge in [0.25, 0.3) is 5.91 Å². The average Bonchev–Trinajstić information content (AvgIpc) is 2.40. The lowest BCUT2D eigenvalue weighted by atomic mass is 10.3. The van der Waals surface area contributed by atoms with Gasteiger partial charge in [-0.1, -0.05) is 23.2 Å². The van der Waals surface area contributed by atoms with Crippen molar-refractivity contribution in [1.82, 2.24) is 4.98 Å². The number of nitrogens with one attached hydrogen (secondary N) is 1. The maximum Gasteiger partial charge on any atom is 0.274 e. The second-order valence-electron chi connectivity index (χ2n) is 4.00. The van der Waals surface area contributed by atoms with E-state index >= 15 is 0 Å². The predicted molar refractivity (Wildman–Crippen MR) is 80.0 cm³/mol. The van der Waals surface area contributed by atoms with Crippen LogP contribution in [-0.2, 0) is 10.0 Å². The van der Waals surface area contributed by atoms with Crippen LogP contribution in [0.2, 0.25) is 10.0 Å². The number of aromatic nitrogens is 1. The summed E-state index contributed by atoms with van der Waals surface area (Å²) in [5.41, 5.74) is 0.176. The zero-order valence-electron chi connectivity index (χ0n) is 10.4. The fourth-order valence-electron chi connectivity index (χ4n) is 1.49. The standard InChI is InChI=1S/C12H9Cl2N3O3S/c13-7-3-4-16-11(5-7)12(18)17-10-6-8(21(15,19)20)1-2-9(10)14/h1-6H,(H,17,18)(H2,15,19,20). The van der Waals surface area contributed by atoms with Crippen molar-refractivity contribution in [2.45, 2.75) is 4.90 Å². The number of hydrogen-bond donors (Lipinski definition) is 2. The minimum Gasteiger partial charge on any atom is -0.319 e. The van der Waals surface area contributed by atoms with Gasteiger partial charge in [-0.2, -0.15) is 0 Å². The summed E-state index contributed by atoms with van der Waals surface area (Å²) >= 11 is 11.7. The zero-order valence-corrected chi connectivity index (χ0v) is 12.7. The van der Waals surface area contributed by atoms with Crippen LogP contribution < -0.4 is 10.5 Å². The highest BCUT2D eigenvalue weighted by atomic mass is 35.5. The Balaban J connectivity index is 2.33. The molecule has 0 spiro atoms. The lowest BCUT2D eigenvalue weighted by molar-refractivity contribution is 0.102. The topological polar surface area (TPSA) is 102 Å². The molecule has 1 aromatic heterocycles. The predicted octanol–water partition coefficient (Wildman–Crippen LogP) is 2.29. The first-order valence-electron chi connectivity index (χ1n) is 5.52. The van der Waals surface area contributed by atoms with Crippen LogP contribution in [0.4, 0.5) is 5.69 Å². The molecule has 110 valence electrons. The minimum absolute atomic E-state index is 0.0691. The number of nitrogens with two attached hydrogens (primary N) is 1. The molecule has 21 heavy (non-hydrogen) atoms. The number of halogens is 2. The van der Waals surface area contributed by atoms with Crippen LogP contribution in [0.25, 0.3) is 0 Å².